The van der Waals surface area contributed by atoms with Crippen LogP contribution in [0.5, 0.6) is 0 Å². The number of hydrogen-bond acceptors (Lipinski definition) is 2. The number of nitrogens with zero attached hydrogens (tertiary/aromatic N) is 3. The molecule has 1 aromatic heterocycles. The summed E-state index contributed by atoms with van der Waals surface area (Å²) in [5.41, 5.74) is 3.42. The van der Waals surface area contributed by atoms with E-state index < -0.39 is 0 Å². The van der Waals surface area contributed by atoms with E-state index in [9.17, 15) is 0 Å². The molecule has 16 heavy (non-hydrogen) atoms. The average Bonchev–Trinajstić information content (AvgIpc) is 2.30. The van der Waals surface area contributed by atoms with Crippen molar-refractivity contribution >= 4 is 11.1 Å². The minimum atomic E-state index is 0.779. The second kappa shape index (κ2) is 5.48. The number of hydrogen-bond donors (Lipinski definition) is 0. The molecule has 0 N–H and O–H groups in total. The Morgan fingerprint density at radius 1 is 1.44 bits per heavy atom. The molecule has 0 aromatic carbocycles. The molecular formula is C13H11N3. The van der Waals surface area contributed by atoms with Gasteiger partial charge in [-0.2, -0.15) is 5.26 Å². The third-order valence-electron chi connectivity index (χ3n) is 2.16. The first-order valence-corrected chi connectivity index (χ1v) is 4.75. The fourth-order valence-corrected chi connectivity index (χ4v) is 1.20. The van der Waals surface area contributed by atoms with E-state index in [1.54, 1.807) is 6.20 Å². The highest BCUT2D eigenvalue weighted by Gasteiger charge is 1.99. The average molecular weight is 209 g/mol. The molecule has 0 amide bonds. The minimum absolute atomic E-state index is 0.779. The Bertz CT molecular complexity index is 459. The van der Waals surface area contributed by atoms with Crippen molar-refractivity contribution in [2.75, 3.05) is 0 Å². The summed E-state index contributed by atoms with van der Waals surface area (Å²) in [5.74, 6) is 0. The first-order chi connectivity index (χ1) is 7.69. The van der Waals surface area contributed by atoms with E-state index in [1.807, 2.05) is 32.0 Å². The van der Waals surface area contributed by atoms with Gasteiger partial charge in [0.2, 0.25) is 0 Å². The van der Waals surface area contributed by atoms with Crippen LogP contribution in [-0.2, 0) is 0 Å². The van der Waals surface area contributed by atoms with Gasteiger partial charge in [0.05, 0.1) is 18.3 Å². The lowest BCUT2D eigenvalue weighted by molar-refractivity contribution is 1.25. The summed E-state index contributed by atoms with van der Waals surface area (Å²) in [6.07, 6.45) is 4.64. The van der Waals surface area contributed by atoms with Gasteiger partial charge in [-0.25, -0.2) is 4.85 Å². The van der Waals surface area contributed by atoms with Crippen molar-refractivity contribution < 1.29 is 0 Å². The minimum Gasteiger partial charge on any atom is -0.256 e. The van der Waals surface area contributed by atoms with Gasteiger partial charge in [0, 0.05) is 12.3 Å². The summed E-state index contributed by atoms with van der Waals surface area (Å²) in [6, 6.07) is 5.71. The number of rotatable bonds is 2. The molecule has 0 spiro atoms. The highest BCUT2D eigenvalue weighted by Crippen LogP contribution is 2.16. The summed E-state index contributed by atoms with van der Waals surface area (Å²) in [4.78, 5) is 7.44. The van der Waals surface area contributed by atoms with Crippen LogP contribution in [-0.4, -0.2) is 4.98 Å². The number of pyridine rings is 1. The third-order valence-corrected chi connectivity index (χ3v) is 2.16. The van der Waals surface area contributed by atoms with Crippen molar-refractivity contribution in [2.24, 2.45) is 0 Å². The van der Waals surface area contributed by atoms with Crippen LogP contribution in [0, 0.1) is 17.9 Å². The van der Waals surface area contributed by atoms with Crippen LogP contribution in [0.25, 0.3) is 16.0 Å². The Labute approximate surface area is 95.2 Å². The molecule has 3 heteroatoms. The monoisotopic (exact) mass is 209 g/mol. The maximum Gasteiger partial charge on any atom is 0.157 e. The second-order valence-corrected chi connectivity index (χ2v) is 3.33. The highest BCUT2D eigenvalue weighted by atomic mass is 14.7. The lowest BCUT2D eigenvalue weighted by Gasteiger charge is -2.02. The second-order valence-electron chi connectivity index (χ2n) is 3.33. The Morgan fingerprint density at radius 3 is 2.69 bits per heavy atom. The first-order valence-electron chi connectivity index (χ1n) is 4.75. The Hall–Kier alpha value is -2.39. The van der Waals surface area contributed by atoms with Crippen LogP contribution >= 0.6 is 0 Å². The van der Waals surface area contributed by atoms with Crippen LogP contribution < -0.4 is 0 Å². The van der Waals surface area contributed by atoms with Crippen LogP contribution in [0.1, 0.15) is 25.1 Å². The fraction of sp³-hybridized carbons (Fsp3) is 0.154. The quantitative estimate of drug-likeness (QED) is 0.554. The third kappa shape index (κ3) is 2.80. The van der Waals surface area contributed by atoms with Gasteiger partial charge in [0.1, 0.15) is 0 Å². The van der Waals surface area contributed by atoms with Gasteiger partial charge in [-0.3, -0.25) is 4.98 Å². The van der Waals surface area contributed by atoms with Crippen molar-refractivity contribution in [1.29, 1.82) is 5.26 Å². The van der Waals surface area contributed by atoms with Gasteiger partial charge >= 0.3 is 0 Å². The Morgan fingerprint density at radius 2 is 2.19 bits per heavy atom. The highest BCUT2D eigenvalue weighted by molar-refractivity contribution is 5.67. The molecule has 1 aromatic rings. The maximum absolute atomic E-state index is 8.51. The van der Waals surface area contributed by atoms with E-state index in [-0.39, 0.29) is 0 Å². The zero-order chi connectivity index (χ0) is 12.0. The van der Waals surface area contributed by atoms with Crippen LogP contribution in [0.4, 0.5) is 0 Å². The molecular weight excluding hydrogens is 198 g/mol. The van der Waals surface area contributed by atoms with Crippen molar-refractivity contribution in [2.45, 2.75) is 13.8 Å². The smallest absolute Gasteiger partial charge is 0.157 e. The van der Waals surface area contributed by atoms with Gasteiger partial charge in [0.15, 0.2) is 6.20 Å². The summed E-state index contributed by atoms with van der Waals surface area (Å²) in [6.45, 7) is 10.4. The predicted octanol–water partition coefficient (Wildman–Crippen LogP) is 3.29. The molecule has 78 valence electrons. The van der Waals surface area contributed by atoms with Gasteiger partial charge in [-0.05, 0) is 36.6 Å². The van der Waals surface area contributed by atoms with Gasteiger partial charge in [-0.15, -0.1) is 0 Å². The molecule has 3 nitrogen and oxygen atoms in total. The van der Waals surface area contributed by atoms with Crippen LogP contribution in [0.2, 0.25) is 0 Å². The molecule has 0 fully saturated rings. The largest absolute Gasteiger partial charge is 0.256 e. The Kier molecular flexibility index (Phi) is 4.00. The molecule has 0 saturated heterocycles. The predicted molar refractivity (Wildman–Crippen MR) is 63.8 cm³/mol. The zero-order valence-corrected chi connectivity index (χ0v) is 9.23. The summed E-state index contributed by atoms with van der Waals surface area (Å²) in [7, 11) is 0. The maximum atomic E-state index is 8.51. The fourth-order valence-electron chi connectivity index (χ4n) is 1.20. The number of allylic oxidation sites excluding steroid dienone is 3. The Balaban J connectivity index is 3.02. The van der Waals surface area contributed by atoms with Crippen LogP contribution in [0.15, 0.2) is 30.6 Å². The lowest BCUT2D eigenvalue weighted by atomic mass is 10.1. The van der Waals surface area contributed by atoms with Crippen molar-refractivity contribution in [3.8, 4) is 6.07 Å². The molecule has 0 aliphatic rings. The van der Waals surface area contributed by atoms with Crippen molar-refractivity contribution in [3.63, 3.8) is 0 Å². The summed E-state index contributed by atoms with van der Waals surface area (Å²) in [5, 5.41) is 8.51. The molecule has 0 atom stereocenters. The summed E-state index contributed by atoms with van der Waals surface area (Å²) < 4.78 is 0. The molecule has 0 saturated carbocycles. The molecule has 0 bridgehead atoms. The normalized spacial score (nSPS) is 11.8. The van der Waals surface area contributed by atoms with Gasteiger partial charge in [0.25, 0.3) is 0 Å². The topological polar surface area (TPSA) is 41.0 Å². The number of nitriles is 1. The van der Waals surface area contributed by atoms with E-state index >= 15 is 0 Å². The molecule has 1 heterocycles. The summed E-state index contributed by atoms with van der Waals surface area (Å²) >= 11 is 0. The standard InChI is InChI=1S/C13H11N3/c1-10(6-7-14)13-5-4-12(9-16-13)11(2)8-15-3/h4-6,8-9H,1-2H3/b10-6+,11-8+. The van der Waals surface area contributed by atoms with E-state index in [0.717, 1.165) is 22.4 Å². The van der Waals surface area contributed by atoms with Crippen molar-refractivity contribution in [3.05, 3.63) is 53.3 Å². The van der Waals surface area contributed by atoms with E-state index in [0.29, 0.717) is 0 Å². The van der Waals surface area contributed by atoms with E-state index in [2.05, 4.69) is 9.83 Å². The zero-order valence-electron chi connectivity index (χ0n) is 9.23. The van der Waals surface area contributed by atoms with E-state index in [1.165, 1.54) is 12.3 Å². The van der Waals surface area contributed by atoms with Gasteiger partial charge < -0.3 is 0 Å². The molecule has 1 rings (SSSR count). The van der Waals surface area contributed by atoms with Gasteiger partial charge in [-0.1, -0.05) is 6.07 Å². The molecule has 0 radical (unpaired) electrons. The van der Waals surface area contributed by atoms with Crippen molar-refractivity contribution in [1.82, 2.24) is 4.98 Å². The first kappa shape index (κ1) is 11.7. The molecule has 0 aliphatic heterocycles. The van der Waals surface area contributed by atoms with E-state index in [4.69, 9.17) is 11.8 Å². The number of aromatic nitrogens is 1. The molecule has 0 unspecified atom stereocenters. The van der Waals surface area contributed by atoms with Crippen LogP contribution in [0.3, 0.4) is 0 Å². The SMILES string of the molecule is [C-]#[N+]/C=C(\C)c1ccc(/C(C)=C/C#N)nc1. The molecule has 0 aliphatic carbocycles. The lowest BCUT2D eigenvalue weighted by Crippen LogP contribution is -1.88.